The standard InChI is InChI=1S/C24H20FNO4/c1-13-4-8-17(9-5-13)26-21(19-11-6-15(3)30-19)20(23(28)24(26)29)22(27)16-7-10-18(25)14(2)12-16/h4-12,21,27H,1-3H3/b22-20-. The molecular weight excluding hydrogens is 385 g/mol. The van der Waals surface area contributed by atoms with Crippen LogP contribution in [0.25, 0.3) is 5.76 Å². The summed E-state index contributed by atoms with van der Waals surface area (Å²) in [5.41, 5.74) is 1.99. The van der Waals surface area contributed by atoms with Crippen LogP contribution in [0.2, 0.25) is 0 Å². The lowest BCUT2D eigenvalue weighted by Crippen LogP contribution is -2.29. The maximum Gasteiger partial charge on any atom is 0.300 e. The number of carbonyl (C=O) groups is 2. The van der Waals surface area contributed by atoms with E-state index in [4.69, 9.17) is 4.42 Å². The van der Waals surface area contributed by atoms with Crippen molar-refractivity contribution in [2.75, 3.05) is 4.90 Å². The van der Waals surface area contributed by atoms with E-state index in [0.717, 1.165) is 5.56 Å². The van der Waals surface area contributed by atoms with Crippen LogP contribution in [0.1, 0.15) is 34.3 Å². The van der Waals surface area contributed by atoms with Crippen molar-refractivity contribution in [3.63, 3.8) is 0 Å². The number of anilines is 1. The third-order valence-corrected chi connectivity index (χ3v) is 5.22. The normalized spacial score (nSPS) is 18.3. The number of aryl methyl sites for hydroxylation is 3. The number of ketones is 1. The van der Waals surface area contributed by atoms with Gasteiger partial charge in [-0.1, -0.05) is 17.7 Å². The lowest BCUT2D eigenvalue weighted by Gasteiger charge is -2.23. The number of amides is 1. The lowest BCUT2D eigenvalue weighted by molar-refractivity contribution is -0.132. The van der Waals surface area contributed by atoms with Crippen molar-refractivity contribution in [1.82, 2.24) is 0 Å². The quantitative estimate of drug-likeness (QED) is 0.379. The Balaban J connectivity index is 1.94. The number of aliphatic hydroxyl groups excluding tert-OH is 1. The minimum Gasteiger partial charge on any atom is -0.507 e. The van der Waals surface area contributed by atoms with Gasteiger partial charge in [-0.05, 0) is 68.8 Å². The fourth-order valence-electron chi connectivity index (χ4n) is 3.62. The Kier molecular flexibility index (Phi) is 4.78. The fourth-order valence-corrected chi connectivity index (χ4v) is 3.62. The molecule has 0 spiro atoms. The molecule has 1 aliphatic rings. The second kappa shape index (κ2) is 7.30. The average Bonchev–Trinajstić information content (AvgIpc) is 3.26. The van der Waals surface area contributed by atoms with Crippen LogP contribution >= 0.6 is 0 Å². The first-order valence-electron chi connectivity index (χ1n) is 9.48. The maximum absolute atomic E-state index is 13.7. The van der Waals surface area contributed by atoms with E-state index < -0.39 is 23.5 Å². The highest BCUT2D eigenvalue weighted by molar-refractivity contribution is 6.51. The molecular formula is C24H20FNO4. The number of rotatable bonds is 3. The SMILES string of the molecule is Cc1ccc(N2C(=O)C(=O)/C(=C(\O)c3ccc(F)c(C)c3)C2c2ccc(C)o2)cc1. The molecule has 1 atom stereocenters. The molecule has 0 bridgehead atoms. The Labute approximate surface area is 173 Å². The molecule has 1 fully saturated rings. The van der Waals surface area contributed by atoms with Crippen LogP contribution in [0.5, 0.6) is 0 Å². The monoisotopic (exact) mass is 405 g/mol. The highest BCUT2D eigenvalue weighted by atomic mass is 19.1. The molecule has 1 aromatic heterocycles. The third kappa shape index (κ3) is 3.20. The van der Waals surface area contributed by atoms with Crippen LogP contribution in [-0.2, 0) is 9.59 Å². The van der Waals surface area contributed by atoms with Crippen molar-refractivity contribution < 1.29 is 23.5 Å². The first kappa shape index (κ1) is 19.6. The fraction of sp³-hybridized carbons (Fsp3) is 0.167. The van der Waals surface area contributed by atoms with E-state index in [-0.39, 0.29) is 16.9 Å². The Bertz CT molecular complexity index is 1190. The van der Waals surface area contributed by atoms with Gasteiger partial charge >= 0.3 is 0 Å². The summed E-state index contributed by atoms with van der Waals surface area (Å²) in [5, 5.41) is 11.0. The average molecular weight is 405 g/mol. The van der Waals surface area contributed by atoms with Gasteiger partial charge < -0.3 is 9.52 Å². The number of halogens is 1. The molecule has 2 aromatic carbocycles. The lowest BCUT2D eigenvalue weighted by atomic mass is 9.98. The molecule has 1 amide bonds. The van der Waals surface area contributed by atoms with Gasteiger partial charge in [0.25, 0.3) is 11.7 Å². The molecule has 0 saturated carbocycles. The van der Waals surface area contributed by atoms with Gasteiger partial charge in [0.2, 0.25) is 0 Å². The minimum atomic E-state index is -0.938. The summed E-state index contributed by atoms with van der Waals surface area (Å²) >= 11 is 0. The maximum atomic E-state index is 13.7. The predicted molar refractivity (Wildman–Crippen MR) is 111 cm³/mol. The molecule has 1 N–H and O–H groups in total. The summed E-state index contributed by atoms with van der Waals surface area (Å²) in [5.74, 6) is -1.42. The van der Waals surface area contributed by atoms with Crippen LogP contribution in [0, 0.1) is 26.6 Å². The molecule has 30 heavy (non-hydrogen) atoms. The van der Waals surface area contributed by atoms with Crippen LogP contribution in [0.4, 0.5) is 10.1 Å². The Morgan fingerprint density at radius 1 is 1.00 bits per heavy atom. The number of furan rings is 1. The smallest absolute Gasteiger partial charge is 0.300 e. The van der Waals surface area contributed by atoms with E-state index >= 15 is 0 Å². The van der Waals surface area contributed by atoms with Crippen molar-refractivity contribution in [3.8, 4) is 0 Å². The Morgan fingerprint density at radius 3 is 2.30 bits per heavy atom. The van der Waals surface area contributed by atoms with Crippen LogP contribution in [0.3, 0.4) is 0 Å². The second-order valence-corrected chi connectivity index (χ2v) is 7.42. The first-order valence-corrected chi connectivity index (χ1v) is 9.48. The third-order valence-electron chi connectivity index (χ3n) is 5.22. The number of carbonyl (C=O) groups excluding carboxylic acids is 2. The Morgan fingerprint density at radius 2 is 1.70 bits per heavy atom. The van der Waals surface area contributed by atoms with Crippen molar-refractivity contribution >= 4 is 23.1 Å². The molecule has 2 heterocycles. The molecule has 4 rings (SSSR count). The summed E-state index contributed by atoms with van der Waals surface area (Å²) in [7, 11) is 0. The van der Waals surface area contributed by atoms with Crippen molar-refractivity contribution in [2.45, 2.75) is 26.8 Å². The second-order valence-electron chi connectivity index (χ2n) is 7.42. The van der Waals surface area contributed by atoms with Gasteiger partial charge in [0, 0.05) is 11.3 Å². The number of Topliss-reactive ketones (excluding diaryl/α,β-unsaturated/α-hetero) is 1. The van der Waals surface area contributed by atoms with Crippen molar-refractivity contribution in [2.24, 2.45) is 0 Å². The number of aliphatic hydroxyl groups is 1. The van der Waals surface area contributed by atoms with Gasteiger partial charge in [-0.2, -0.15) is 0 Å². The summed E-state index contributed by atoms with van der Waals surface area (Å²) in [6, 6.07) is 13.7. The zero-order valence-electron chi connectivity index (χ0n) is 16.8. The van der Waals surface area contributed by atoms with E-state index in [1.54, 1.807) is 38.1 Å². The number of benzene rings is 2. The summed E-state index contributed by atoms with van der Waals surface area (Å²) in [4.78, 5) is 27.3. The van der Waals surface area contributed by atoms with Gasteiger partial charge in [-0.3, -0.25) is 14.5 Å². The predicted octanol–water partition coefficient (Wildman–Crippen LogP) is 4.97. The summed E-state index contributed by atoms with van der Waals surface area (Å²) < 4.78 is 19.4. The largest absolute Gasteiger partial charge is 0.507 e. The molecule has 3 aromatic rings. The van der Waals surface area contributed by atoms with Gasteiger partial charge in [0.05, 0.1) is 5.57 Å². The van der Waals surface area contributed by atoms with E-state index in [0.29, 0.717) is 22.8 Å². The zero-order valence-corrected chi connectivity index (χ0v) is 16.8. The number of nitrogens with zero attached hydrogens (tertiary/aromatic N) is 1. The molecule has 0 radical (unpaired) electrons. The number of hydrogen-bond donors (Lipinski definition) is 1. The van der Waals surface area contributed by atoms with Gasteiger partial charge in [-0.25, -0.2) is 4.39 Å². The van der Waals surface area contributed by atoms with Crippen LogP contribution < -0.4 is 4.90 Å². The summed E-state index contributed by atoms with van der Waals surface area (Å²) in [6.45, 7) is 5.23. The molecule has 1 aliphatic heterocycles. The topological polar surface area (TPSA) is 70.8 Å². The molecule has 0 aliphatic carbocycles. The Hall–Kier alpha value is -3.67. The first-order chi connectivity index (χ1) is 14.3. The van der Waals surface area contributed by atoms with Gasteiger partial charge in [0.15, 0.2) is 0 Å². The van der Waals surface area contributed by atoms with E-state index in [2.05, 4.69) is 0 Å². The molecule has 1 saturated heterocycles. The summed E-state index contributed by atoms with van der Waals surface area (Å²) in [6.07, 6.45) is 0. The highest BCUT2D eigenvalue weighted by Gasteiger charge is 2.48. The van der Waals surface area contributed by atoms with E-state index in [1.165, 1.54) is 23.1 Å². The minimum absolute atomic E-state index is 0.0964. The number of hydrogen-bond acceptors (Lipinski definition) is 4. The van der Waals surface area contributed by atoms with Gasteiger partial charge in [0.1, 0.15) is 29.1 Å². The van der Waals surface area contributed by atoms with E-state index in [1.807, 2.05) is 19.1 Å². The van der Waals surface area contributed by atoms with Crippen molar-refractivity contribution in [1.29, 1.82) is 0 Å². The molecule has 1 unspecified atom stereocenters. The molecule has 152 valence electrons. The zero-order chi connectivity index (χ0) is 21.6. The highest BCUT2D eigenvalue weighted by Crippen LogP contribution is 2.42. The molecule has 6 heteroatoms. The van der Waals surface area contributed by atoms with Crippen LogP contribution in [0.15, 0.2) is 64.6 Å². The van der Waals surface area contributed by atoms with Gasteiger partial charge in [-0.15, -0.1) is 0 Å². The van der Waals surface area contributed by atoms with E-state index in [9.17, 15) is 19.1 Å². The van der Waals surface area contributed by atoms with Crippen molar-refractivity contribution in [3.05, 3.63) is 94.2 Å². The molecule has 5 nitrogen and oxygen atoms in total. The van der Waals surface area contributed by atoms with Crippen LogP contribution in [-0.4, -0.2) is 16.8 Å².